The molecular formula is C13H15Cl2NO2. The van der Waals surface area contributed by atoms with Gasteiger partial charge in [-0.05, 0) is 32.0 Å². The highest BCUT2D eigenvalue weighted by Crippen LogP contribution is 2.33. The molecule has 3 nitrogen and oxygen atoms in total. The van der Waals surface area contributed by atoms with Crippen molar-refractivity contribution < 1.29 is 9.53 Å². The molecule has 1 heterocycles. The van der Waals surface area contributed by atoms with Gasteiger partial charge in [-0.2, -0.15) is 0 Å². The van der Waals surface area contributed by atoms with Crippen LogP contribution in [0.3, 0.4) is 0 Å². The minimum absolute atomic E-state index is 0.147. The molecule has 2 rings (SSSR count). The van der Waals surface area contributed by atoms with Crippen molar-refractivity contribution in [1.29, 1.82) is 0 Å². The smallest absolute Gasteiger partial charge is 0.410 e. The third-order valence-corrected chi connectivity index (χ3v) is 3.62. The lowest BCUT2D eigenvalue weighted by molar-refractivity contribution is 0.0150. The number of cyclic esters (lactones) is 1. The van der Waals surface area contributed by atoms with Crippen LogP contribution in [0.4, 0.5) is 4.79 Å². The van der Waals surface area contributed by atoms with Gasteiger partial charge in [-0.25, -0.2) is 4.79 Å². The van der Waals surface area contributed by atoms with Crippen molar-refractivity contribution in [3.05, 3.63) is 33.8 Å². The van der Waals surface area contributed by atoms with E-state index >= 15 is 0 Å². The van der Waals surface area contributed by atoms with Gasteiger partial charge in [0.1, 0.15) is 6.10 Å². The molecule has 0 unspecified atom stereocenters. The highest BCUT2D eigenvalue weighted by atomic mass is 35.5. The third kappa shape index (κ3) is 2.73. The van der Waals surface area contributed by atoms with Crippen LogP contribution in [0.25, 0.3) is 0 Å². The highest BCUT2D eigenvalue weighted by molar-refractivity contribution is 6.33. The van der Waals surface area contributed by atoms with E-state index in [0.29, 0.717) is 16.6 Å². The topological polar surface area (TPSA) is 29.5 Å². The van der Waals surface area contributed by atoms with Crippen LogP contribution >= 0.6 is 23.2 Å². The maximum absolute atomic E-state index is 11.8. The van der Waals surface area contributed by atoms with E-state index in [-0.39, 0.29) is 18.2 Å². The molecule has 0 saturated carbocycles. The SMILES string of the molecule is CC(C)N1CC[C@@H](c2cc(Cl)ccc2Cl)OC1=O. The Bertz CT molecular complexity index is 462. The van der Waals surface area contributed by atoms with E-state index in [1.165, 1.54) is 0 Å². The van der Waals surface area contributed by atoms with E-state index < -0.39 is 0 Å². The lowest BCUT2D eigenvalue weighted by atomic mass is 10.0. The Balaban J connectivity index is 2.17. The fourth-order valence-electron chi connectivity index (χ4n) is 2.05. The number of amides is 1. The Morgan fingerprint density at radius 2 is 2.11 bits per heavy atom. The number of hydrogen-bond donors (Lipinski definition) is 0. The maximum atomic E-state index is 11.8. The third-order valence-electron chi connectivity index (χ3n) is 3.04. The summed E-state index contributed by atoms with van der Waals surface area (Å²) >= 11 is 12.1. The summed E-state index contributed by atoms with van der Waals surface area (Å²) in [6.07, 6.45) is 0.125. The summed E-state index contributed by atoms with van der Waals surface area (Å²) in [4.78, 5) is 13.5. The number of carbonyl (C=O) groups excluding carboxylic acids is 1. The van der Waals surface area contributed by atoms with Crippen molar-refractivity contribution >= 4 is 29.3 Å². The van der Waals surface area contributed by atoms with E-state index in [2.05, 4.69) is 0 Å². The average Bonchev–Trinajstić information content (AvgIpc) is 2.31. The summed E-state index contributed by atoms with van der Waals surface area (Å²) in [5.41, 5.74) is 0.779. The molecule has 0 spiro atoms. The minimum Gasteiger partial charge on any atom is -0.441 e. The monoisotopic (exact) mass is 287 g/mol. The first-order valence-electron chi connectivity index (χ1n) is 5.91. The van der Waals surface area contributed by atoms with Gasteiger partial charge in [0.2, 0.25) is 0 Å². The van der Waals surface area contributed by atoms with Crippen molar-refractivity contribution in [3.8, 4) is 0 Å². The number of nitrogens with zero attached hydrogens (tertiary/aromatic N) is 1. The normalized spacial score (nSPS) is 20.2. The largest absolute Gasteiger partial charge is 0.441 e. The first-order chi connectivity index (χ1) is 8.49. The van der Waals surface area contributed by atoms with Gasteiger partial charge in [0, 0.05) is 34.6 Å². The number of benzene rings is 1. The minimum atomic E-state index is -0.307. The molecule has 0 N–H and O–H groups in total. The van der Waals surface area contributed by atoms with Crippen LogP contribution in [0.1, 0.15) is 31.9 Å². The molecule has 0 aromatic heterocycles. The second kappa shape index (κ2) is 5.37. The predicted octanol–water partition coefficient (Wildman–Crippen LogP) is 4.29. The average molecular weight is 288 g/mol. The number of hydrogen-bond acceptors (Lipinski definition) is 2. The first kappa shape index (κ1) is 13.5. The van der Waals surface area contributed by atoms with Crippen molar-refractivity contribution in [3.63, 3.8) is 0 Å². The quantitative estimate of drug-likeness (QED) is 0.812. The first-order valence-corrected chi connectivity index (χ1v) is 6.67. The molecule has 1 saturated heterocycles. The van der Waals surface area contributed by atoms with Gasteiger partial charge in [-0.3, -0.25) is 0 Å². The zero-order chi connectivity index (χ0) is 13.3. The Hall–Kier alpha value is -0.930. The van der Waals surface area contributed by atoms with Gasteiger partial charge < -0.3 is 9.64 Å². The summed E-state index contributed by atoms with van der Waals surface area (Å²) in [5.74, 6) is 0. The molecule has 0 aliphatic carbocycles. The number of rotatable bonds is 2. The van der Waals surface area contributed by atoms with Crippen molar-refractivity contribution in [2.45, 2.75) is 32.4 Å². The van der Waals surface area contributed by atoms with E-state index in [1.807, 2.05) is 13.8 Å². The van der Waals surface area contributed by atoms with Crippen molar-refractivity contribution in [1.82, 2.24) is 4.90 Å². The molecule has 0 radical (unpaired) electrons. The lowest BCUT2D eigenvalue weighted by Crippen LogP contribution is -2.43. The molecule has 1 aromatic rings. The van der Waals surface area contributed by atoms with E-state index in [1.54, 1.807) is 23.1 Å². The molecular weight excluding hydrogens is 273 g/mol. The molecule has 1 amide bonds. The van der Waals surface area contributed by atoms with E-state index in [0.717, 1.165) is 12.0 Å². The van der Waals surface area contributed by atoms with Gasteiger partial charge in [0.05, 0.1) is 0 Å². The molecule has 1 aliphatic heterocycles. The Kier molecular flexibility index (Phi) is 4.03. The molecule has 1 aliphatic rings. The molecule has 1 atom stereocenters. The molecule has 18 heavy (non-hydrogen) atoms. The standard InChI is InChI=1S/C13H15Cl2NO2/c1-8(2)16-6-5-12(18-13(16)17)10-7-9(14)3-4-11(10)15/h3-4,7-8,12H,5-6H2,1-2H3/t12-/m0/s1. The highest BCUT2D eigenvalue weighted by Gasteiger charge is 2.30. The van der Waals surface area contributed by atoms with Gasteiger partial charge in [-0.1, -0.05) is 23.2 Å². The van der Waals surface area contributed by atoms with Crippen LogP contribution in [0.5, 0.6) is 0 Å². The maximum Gasteiger partial charge on any atom is 0.410 e. The second-order valence-electron chi connectivity index (χ2n) is 4.61. The van der Waals surface area contributed by atoms with Crippen molar-refractivity contribution in [2.24, 2.45) is 0 Å². The van der Waals surface area contributed by atoms with Crippen LogP contribution in [-0.2, 0) is 4.74 Å². The van der Waals surface area contributed by atoms with Crippen LogP contribution in [0.2, 0.25) is 10.0 Å². The summed E-state index contributed by atoms with van der Waals surface area (Å²) in [7, 11) is 0. The van der Waals surface area contributed by atoms with Gasteiger partial charge in [0.15, 0.2) is 0 Å². The summed E-state index contributed by atoms with van der Waals surface area (Å²) < 4.78 is 5.43. The second-order valence-corrected chi connectivity index (χ2v) is 5.46. The lowest BCUT2D eigenvalue weighted by Gasteiger charge is -2.34. The van der Waals surface area contributed by atoms with Crippen LogP contribution in [0, 0.1) is 0 Å². The van der Waals surface area contributed by atoms with Gasteiger partial charge in [-0.15, -0.1) is 0 Å². The van der Waals surface area contributed by atoms with Gasteiger partial charge >= 0.3 is 6.09 Å². The summed E-state index contributed by atoms with van der Waals surface area (Å²) in [5, 5.41) is 1.17. The Morgan fingerprint density at radius 1 is 1.39 bits per heavy atom. The number of ether oxygens (including phenoxy) is 1. The van der Waals surface area contributed by atoms with Crippen molar-refractivity contribution in [2.75, 3.05) is 6.54 Å². The molecule has 98 valence electrons. The molecule has 0 bridgehead atoms. The fraction of sp³-hybridized carbons (Fsp3) is 0.462. The number of carbonyl (C=O) groups is 1. The Labute approximate surface area is 117 Å². The van der Waals surface area contributed by atoms with E-state index in [4.69, 9.17) is 27.9 Å². The van der Waals surface area contributed by atoms with E-state index in [9.17, 15) is 4.79 Å². The zero-order valence-electron chi connectivity index (χ0n) is 10.3. The summed E-state index contributed by atoms with van der Waals surface area (Å²) in [6.45, 7) is 4.60. The molecule has 1 fully saturated rings. The fourth-order valence-corrected chi connectivity index (χ4v) is 2.47. The van der Waals surface area contributed by atoms with Crippen LogP contribution in [-0.4, -0.2) is 23.6 Å². The molecule has 1 aromatic carbocycles. The molecule has 5 heteroatoms. The predicted molar refractivity (Wildman–Crippen MR) is 72.1 cm³/mol. The van der Waals surface area contributed by atoms with Crippen LogP contribution in [0.15, 0.2) is 18.2 Å². The Morgan fingerprint density at radius 3 is 2.72 bits per heavy atom. The van der Waals surface area contributed by atoms with Crippen LogP contribution < -0.4 is 0 Å². The zero-order valence-corrected chi connectivity index (χ0v) is 11.8. The number of halogens is 2. The van der Waals surface area contributed by atoms with Gasteiger partial charge in [0.25, 0.3) is 0 Å². The summed E-state index contributed by atoms with van der Waals surface area (Å²) in [6, 6.07) is 5.35.